The van der Waals surface area contributed by atoms with Crippen LogP contribution >= 0.6 is 0 Å². The molecule has 1 saturated heterocycles. The smallest absolute Gasteiger partial charge is 0.312 e. The highest BCUT2D eigenvalue weighted by atomic mass is 32.2. The van der Waals surface area contributed by atoms with Gasteiger partial charge in [-0.05, 0) is 43.0 Å². The predicted molar refractivity (Wildman–Crippen MR) is 102 cm³/mol. The lowest BCUT2D eigenvalue weighted by atomic mass is 10.0. The zero-order valence-corrected chi connectivity index (χ0v) is 16.1. The van der Waals surface area contributed by atoms with Gasteiger partial charge in [-0.3, -0.25) is 14.9 Å². The number of carbonyl (C=O) groups excluding carboxylic acids is 1. The maximum absolute atomic E-state index is 12.8. The summed E-state index contributed by atoms with van der Waals surface area (Å²) in [5, 5.41) is 11.5. The van der Waals surface area contributed by atoms with Gasteiger partial charge in [0.2, 0.25) is 15.8 Å². The first kappa shape index (κ1) is 20.0. The lowest BCUT2D eigenvalue weighted by Crippen LogP contribution is -2.37. The topological polar surface area (TPSA) is 107 Å². The first-order valence-electron chi connectivity index (χ1n) is 8.83. The van der Waals surface area contributed by atoms with Crippen LogP contribution in [0.15, 0.2) is 47.4 Å². The summed E-state index contributed by atoms with van der Waals surface area (Å²) in [6, 6.07) is 9.74. The Hall–Kier alpha value is -2.78. The number of nitro benzene ring substituents is 1. The number of nitrogens with zero attached hydrogens (tertiary/aromatic N) is 2. The van der Waals surface area contributed by atoms with E-state index in [1.807, 2.05) is 0 Å². The SMILES string of the molecule is CC1CCN(S(=O)(=O)c2ccc(Oc3cccc(C=O)c3)c([N+](=O)[O-])c2)CC1. The number of hydrogen-bond donors (Lipinski definition) is 0. The Morgan fingerprint density at radius 1 is 1.18 bits per heavy atom. The second-order valence-corrected chi connectivity index (χ2v) is 8.70. The molecular weight excluding hydrogens is 384 g/mol. The number of rotatable bonds is 6. The number of hydrogen-bond acceptors (Lipinski definition) is 6. The lowest BCUT2D eigenvalue weighted by Gasteiger charge is -2.29. The molecule has 2 aromatic rings. The first-order chi connectivity index (χ1) is 13.3. The summed E-state index contributed by atoms with van der Waals surface area (Å²) in [6.07, 6.45) is 2.15. The van der Waals surface area contributed by atoms with Crippen LogP contribution in [0.4, 0.5) is 5.69 Å². The van der Waals surface area contributed by atoms with E-state index in [0.717, 1.165) is 18.9 Å². The monoisotopic (exact) mass is 404 g/mol. The minimum atomic E-state index is -3.81. The van der Waals surface area contributed by atoms with E-state index < -0.39 is 20.6 Å². The quantitative estimate of drug-likeness (QED) is 0.413. The molecule has 8 nitrogen and oxygen atoms in total. The van der Waals surface area contributed by atoms with E-state index in [-0.39, 0.29) is 16.4 Å². The second kappa shape index (κ2) is 8.07. The van der Waals surface area contributed by atoms with Crippen molar-refractivity contribution in [2.75, 3.05) is 13.1 Å². The molecule has 0 amide bonds. The first-order valence-corrected chi connectivity index (χ1v) is 10.3. The minimum Gasteiger partial charge on any atom is -0.450 e. The fraction of sp³-hybridized carbons (Fsp3) is 0.316. The number of ether oxygens (including phenoxy) is 1. The Kier molecular flexibility index (Phi) is 5.76. The van der Waals surface area contributed by atoms with Crippen molar-refractivity contribution in [3.05, 3.63) is 58.1 Å². The second-order valence-electron chi connectivity index (χ2n) is 6.77. The average molecular weight is 404 g/mol. The molecule has 0 atom stereocenters. The summed E-state index contributed by atoms with van der Waals surface area (Å²) < 4.78 is 32.6. The molecule has 0 N–H and O–H groups in total. The largest absolute Gasteiger partial charge is 0.450 e. The Labute approximate surface area is 162 Å². The molecule has 2 aromatic carbocycles. The maximum Gasteiger partial charge on any atom is 0.312 e. The van der Waals surface area contributed by atoms with E-state index in [2.05, 4.69) is 6.92 Å². The summed E-state index contributed by atoms with van der Waals surface area (Å²) >= 11 is 0. The number of sulfonamides is 1. The van der Waals surface area contributed by atoms with Crippen LogP contribution in [0.3, 0.4) is 0 Å². The normalized spacial score (nSPS) is 15.9. The van der Waals surface area contributed by atoms with Gasteiger partial charge in [-0.1, -0.05) is 19.1 Å². The summed E-state index contributed by atoms with van der Waals surface area (Å²) in [6.45, 7) is 2.86. The third-order valence-electron chi connectivity index (χ3n) is 4.73. The number of piperidine rings is 1. The van der Waals surface area contributed by atoms with Gasteiger partial charge in [-0.2, -0.15) is 4.31 Å². The molecule has 1 aliphatic heterocycles. The molecule has 0 saturated carbocycles. The Morgan fingerprint density at radius 3 is 2.54 bits per heavy atom. The maximum atomic E-state index is 12.8. The molecule has 1 heterocycles. The molecule has 28 heavy (non-hydrogen) atoms. The van der Waals surface area contributed by atoms with Crippen molar-refractivity contribution in [3.8, 4) is 11.5 Å². The third kappa shape index (κ3) is 4.20. The van der Waals surface area contributed by atoms with Crippen molar-refractivity contribution in [2.24, 2.45) is 5.92 Å². The summed E-state index contributed by atoms with van der Waals surface area (Å²) in [7, 11) is -3.81. The number of nitro groups is 1. The molecule has 0 aromatic heterocycles. The third-order valence-corrected chi connectivity index (χ3v) is 6.62. The van der Waals surface area contributed by atoms with Crippen LogP contribution in [0.25, 0.3) is 0 Å². The molecule has 9 heteroatoms. The van der Waals surface area contributed by atoms with Crippen molar-refractivity contribution in [3.63, 3.8) is 0 Å². The van der Waals surface area contributed by atoms with Gasteiger partial charge < -0.3 is 4.74 Å². The average Bonchev–Trinajstić information content (AvgIpc) is 2.68. The van der Waals surface area contributed by atoms with Crippen molar-refractivity contribution in [2.45, 2.75) is 24.7 Å². The van der Waals surface area contributed by atoms with Crippen LogP contribution in [0.5, 0.6) is 11.5 Å². The standard InChI is InChI=1S/C19H20N2O6S/c1-14-7-9-20(10-8-14)28(25,26)17-5-6-19(18(12-17)21(23)24)27-16-4-2-3-15(11-16)13-22/h2-6,11-14H,7-10H2,1H3. The highest BCUT2D eigenvalue weighted by Crippen LogP contribution is 2.35. The Bertz CT molecular complexity index is 997. The molecule has 1 aliphatic rings. The molecular formula is C19H20N2O6S. The van der Waals surface area contributed by atoms with E-state index >= 15 is 0 Å². The van der Waals surface area contributed by atoms with E-state index in [1.54, 1.807) is 18.2 Å². The highest BCUT2D eigenvalue weighted by Gasteiger charge is 2.30. The van der Waals surface area contributed by atoms with Gasteiger partial charge in [0, 0.05) is 24.7 Å². The fourth-order valence-corrected chi connectivity index (χ4v) is 4.53. The number of carbonyl (C=O) groups is 1. The van der Waals surface area contributed by atoms with Crippen LogP contribution in [-0.2, 0) is 10.0 Å². The van der Waals surface area contributed by atoms with Gasteiger partial charge in [-0.25, -0.2) is 8.42 Å². The van der Waals surface area contributed by atoms with E-state index in [1.165, 1.54) is 22.5 Å². The molecule has 0 radical (unpaired) electrons. The van der Waals surface area contributed by atoms with Crippen molar-refractivity contribution >= 4 is 22.0 Å². The van der Waals surface area contributed by atoms with Crippen molar-refractivity contribution in [1.82, 2.24) is 4.31 Å². The number of benzene rings is 2. The molecule has 0 bridgehead atoms. The van der Waals surface area contributed by atoms with Gasteiger partial charge in [0.25, 0.3) is 0 Å². The zero-order chi connectivity index (χ0) is 20.3. The minimum absolute atomic E-state index is 0.0979. The summed E-state index contributed by atoms with van der Waals surface area (Å²) in [5.41, 5.74) is -0.0957. The Balaban J connectivity index is 1.92. The van der Waals surface area contributed by atoms with Gasteiger partial charge >= 0.3 is 5.69 Å². The van der Waals surface area contributed by atoms with Crippen LogP contribution in [0, 0.1) is 16.0 Å². The molecule has 0 aliphatic carbocycles. The van der Waals surface area contributed by atoms with E-state index in [0.29, 0.717) is 30.9 Å². The van der Waals surface area contributed by atoms with E-state index in [4.69, 9.17) is 4.74 Å². The predicted octanol–water partition coefficient (Wildman–Crippen LogP) is 3.62. The van der Waals surface area contributed by atoms with Gasteiger partial charge in [-0.15, -0.1) is 0 Å². The van der Waals surface area contributed by atoms with Gasteiger partial charge in [0.15, 0.2) is 0 Å². The Morgan fingerprint density at radius 2 is 1.89 bits per heavy atom. The van der Waals surface area contributed by atoms with Crippen molar-refractivity contribution in [1.29, 1.82) is 0 Å². The molecule has 3 rings (SSSR count). The van der Waals surface area contributed by atoms with Crippen LogP contribution in [-0.4, -0.2) is 37.0 Å². The van der Waals surface area contributed by atoms with Gasteiger partial charge in [0.1, 0.15) is 12.0 Å². The molecule has 0 unspecified atom stereocenters. The fourth-order valence-electron chi connectivity index (χ4n) is 3.04. The molecule has 0 spiro atoms. The lowest BCUT2D eigenvalue weighted by molar-refractivity contribution is -0.385. The summed E-state index contributed by atoms with van der Waals surface area (Å²) in [4.78, 5) is 21.6. The zero-order valence-electron chi connectivity index (χ0n) is 15.3. The van der Waals surface area contributed by atoms with Crippen LogP contribution in [0.2, 0.25) is 0 Å². The van der Waals surface area contributed by atoms with Gasteiger partial charge in [0.05, 0.1) is 9.82 Å². The number of aldehydes is 1. The highest BCUT2D eigenvalue weighted by molar-refractivity contribution is 7.89. The van der Waals surface area contributed by atoms with Crippen molar-refractivity contribution < 1.29 is 22.9 Å². The van der Waals surface area contributed by atoms with Crippen LogP contribution < -0.4 is 4.74 Å². The van der Waals surface area contributed by atoms with E-state index in [9.17, 15) is 23.3 Å². The summed E-state index contributed by atoms with van der Waals surface area (Å²) in [5.74, 6) is 0.603. The molecule has 1 fully saturated rings. The molecule has 148 valence electrons. The van der Waals surface area contributed by atoms with Crippen LogP contribution in [0.1, 0.15) is 30.1 Å².